The zero-order valence-corrected chi connectivity index (χ0v) is 12.1. The molecular formula is C14H29NO2. The third-order valence-corrected chi connectivity index (χ3v) is 3.62. The van der Waals surface area contributed by atoms with Crippen LogP contribution in [-0.4, -0.2) is 35.1 Å². The van der Waals surface area contributed by atoms with Gasteiger partial charge in [0, 0.05) is 13.1 Å². The van der Waals surface area contributed by atoms with Crippen LogP contribution in [0.2, 0.25) is 0 Å². The van der Waals surface area contributed by atoms with Crippen LogP contribution in [0.25, 0.3) is 0 Å². The maximum atomic E-state index is 11.8. The molecule has 0 spiro atoms. The summed E-state index contributed by atoms with van der Waals surface area (Å²) in [7, 11) is 0. The first-order chi connectivity index (χ1) is 8.10. The summed E-state index contributed by atoms with van der Waals surface area (Å²) in [5.74, 6) is 1.23. The van der Waals surface area contributed by atoms with Crippen LogP contribution < -0.4 is 0 Å². The Morgan fingerprint density at radius 1 is 1.41 bits per heavy atom. The third-order valence-electron chi connectivity index (χ3n) is 3.62. The van der Waals surface area contributed by atoms with Crippen LogP contribution in [0.4, 0.5) is 0 Å². The van der Waals surface area contributed by atoms with E-state index in [4.69, 9.17) is 0 Å². The molecule has 3 heteroatoms. The molecule has 0 bridgehead atoms. The molecule has 102 valence electrons. The molecule has 0 aliphatic carbocycles. The minimum atomic E-state index is -0.795. The number of aliphatic hydroxyl groups excluding tert-OH is 1. The van der Waals surface area contributed by atoms with Crippen LogP contribution >= 0.6 is 0 Å². The highest BCUT2D eigenvalue weighted by Gasteiger charge is 2.29. The van der Waals surface area contributed by atoms with Crippen molar-refractivity contribution in [3.05, 3.63) is 0 Å². The average molecular weight is 243 g/mol. The minimum absolute atomic E-state index is 0.0807. The van der Waals surface area contributed by atoms with E-state index in [1.165, 1.54) is 0 Å². The maximum absolute atomic E-state index is 11.8. The molecule has 3 nitrogen and oxygen atoms in total. The van der Waals surface area contributed by atoms with Crippen molar-refractivity contribution in [2.75, 3.05) is 13.1 Å². The molecule has 0 aromatic carbocycles. The molecule has 0 aromatic rings. The van der Waals surface area contributed by atoms with E-state index in [-0.39, 0.29) is 5.91 Å². The highest BCUT2D eigenvalue weighted by atomic mass is 16.3. The fourth-order valence-corrected chi connectivity index (χ4v) is 2.27. The number of carbonyl (C=O) groups excluding carboxylic acids is 1. The van der Waals surface area contributed by atoms with Gasteiger partial charge in [0.25, 0.3) is 5.91 Å². The summed E-state index contributed by atoms with van der Waals surface area (Å²) in [6.45, 7) is 11.9. The topological polar surface area (TPSA) is 40.5 Å². The highest BCUT2D eigenvalue weighted by Crippen LogP contribution is 2.25. The predicted octanol–water partition coefficient (Wildman–Crippen LogP) is 2.68. The van der Waals surface area contributed by atoms with E-state index in [1.54, 1.807) is 0 Å². The van der Waals surface area contributed by atoms with Gasteiger partial charge >= 0.3 is 0 Å². The fraction of sp³-hybridized carbons (Fsp3) is 0.929. The van der Waals surface area contributed by atoms with E-state index in [1.807, 2.05) is 25.7 Å². The quantitative estimate of drug-likeness (QED) is 0.828. The lowest BCUT2D eigenvalue weighted by atomic mass is 9.85. The van der Waals surface area contributed by atoms with Gasteiger partial charge in [-0.2, -0.15) is 0 Å². The largest absolute Gasteiger partial charge is 0.383 e. The van der Waals surface area contributed by atoms with Crippen LogP contribution in [0.15, 0.2) is 0 Å². The summed E-state index contributed by atoms with van der Waals surface area (Å²) in [4.78, 5) is 13.6. The molecule has 1 N–H and O–H groups in total. The van der Waals surface area contributed by atoms with Crippen LogP contribution in [0.3, 0.4) is 0 Å². The molecule has 1 saturated heterocycles. The van der Waals surface area contributed by atoms with Crippen LogP contribution in [-0.2, 0) is 4.79 Å². The van der Waals surface area contributed by atoms with Gasteiger partial charge in [-0.05, 0) is 24.7 Å². The first kappa shape index (κ1) is 16.4. The highest BCUT2D eigenvalue weighted by molar-refractivity contribution is 5.80. The molecule has 3 unspecified atom stereocenters. The lowest BCUT2D eigenvalue weighted by Crippen LogP contribution is -2.46. The van der Waals surface area contributed by atoms with Gasteiger partial charge in [-0.15, -0.1) is 0 Å². The Labute approximate surface area is 106 Å². The summed E-state index contributed by atoms with van der Waals surface area (Å²) >= 11 is 0. The number of amides is 1. The standard InChI is InChI=1S/C12H23NO2.C2H6/c1-4-10-8-13(7-6-9(10)3)12(15)11(14)5-2;1-2/h9-11,14H,4-8H2,1-3H3;1-2H3. The molecule has 3 atom stereocenters. The Morgan fingerprint density at radius 3 is 2.47 bits per heavy atom. The number of aliphatic hydroxyl groups is 1. The molecular weight excluding hydrogens is 214 g/mol. The lowest BCUT2D eigenvalue weighted by molar-refractivity contribution is -0.142. The van der Waals surface area contributed by atoms with Gasteiger partial charge in [0.05, 0.1) is 0 Å². The summed E-state index contributed by atoms with van der Waals surface area (Å²) in [5, 5.41) is 9.51. The first-order valence-corrected chi connectivity index (χ1v) is 7.06. The fourth-order valence-electron chi connectivity index (χ4n) is 2.27. The molecule has 1 aliphatic heterocycles. The van der Waals surface area contributed by atoms with E-state index in [0.717, 1.165) is 25.9 Å². The smallest absolute Gasteiger partial charge is 0.251 e. The van der Waals surface area contributed by atoms with Crippen molar-refractivity contribution < 1.29 is 9.90 Å². The molecule has 1 aliphatic rings. The molecule has 1 amide bonds. The number of rotatable bonds is 3. The Hall–Kier alpha value is -0.570. The van der Waals surface area contributed by atoms with Gasteiger partial charge < -0.3 is 10.0 Å². The van der Waals surface area contributed by atoms with Crippen LogP contribution in [0.1, 0.15) is 53.9 Å². The Morgan fingerprint density at radius 2 is 2.00 bits per heavy atom. The molecule has 17 heavy (non-hydrogen) atoms. The van der Waals surface area contributed by atoms with E-state index >= 15 is 0 Å². The van der Waals surface area contributed by atoms with Gasteiger partial charge in [0.2, 0.25) is 0 Å². The van der Waals surface area contributed by atoms with Gasteiger partial charge in [-0.25, -0.2) is 0 Å². The van der Waals surface area contributed by atoms with Gasteiger partial charge in [-0.1, -0.05) is 41.0 Å². The Bertz CT molecular complexity index is 218. The molecule has 0 radical (unpaired) electrons. The monoisotopic (exact) mass is 243 g/mol. The predicted molar refractivity (Wildman–Crippen MR) is 71.8 cm³/mol. The van der Waals surface area contributed by atoms with Crippen LogP contribution in [0.5, 0.6) is 0 Å². The van der Waals surface area contributed by atoms with E-state index in [2.05, 4.69) is 13.8 Å². The van der Waals surface area contributed by atoms with Crippen molar-refractivity contribution in [1.29, 1.82) is 0 Å². The third kappa shape index (κ3) is 4.66. The summed E-state index contributed by atoms with van der Waals surface area (Å²) in [6, 6.07) is 0. The number of hydrogen-bond acceptors (Lipinski definition) is 2. The first-order valence-electron chi connectivity index (χ1n) is 7.06. The SMILES string of the molecule is CC.CCC(O)C(=O)N1CCC(C)C(CC)C1. The Kier molecular flexibility index (Phi) is 8.23. The van der Waals surface area contributed by atoms with Crippen molar-refractivity contribution in [1.82, 2.24) is 4.90 Å². The Balaban J connectivity index is 0.00000121. The molecule has 1 fully saturated rings. The summed E-state index contributed by atoms with van der Waals surface area (Å²) < 4.78 is 0. The molecule has 0 saturated carbocycles. The average Bonchev–Trinajstić information content (AvgIpc) is 2.39. The maximum Gasteiger partial charge on any atom is 0.251 e. The number of nitrogens with zero attached hydrogens (tertiary/aromatic N) is 1. The van der Waals surface area contributed by atoms with Gasteiger partial charge in [0.15, 0.2) is 0 Å². The van der Waals surface area contributed by atoms with Crippen molar-refractivity contribution in [3.8, 4) is 0 Å². The molecule has 0 aromatic heterocycles. The second-order valence-electron chi connectivity index (χ2n) is 4.64. The molecule has 1 heterocycles. The number of carbonyl (C=O) groups is 1. The summed E-state index contributed by atoms with van der Waals surface area (Å²) in [6.07, 6.45) is 1.91. The second kappa shape index (κ2) is 8.51. The summed E-state index contributed by atoms with van der Waals surface area (Å²) in [5.41, 5.74) is 0. The zero-order chi connectivity index (χ0) is 13.4. The van der Waals surface area contributed by atoms with Crippen molar-refractivity contribution in [3.63, 3.8) is 0 Å². The number of hydrogen-bond donors (Lipinski definition) is 1. The van der Waals surface area contributed by atoms with Gasteiger partial charge in [-0.3, -0.25) is 4.79 Å². The van der Waals surface area contributed by atoms with E-state index in [0.29, 0.717) is 18.3 Å². The molecule has 1 rings (SSSR count). The normalized spacial score (nSPS) is 25.9. The lowest BCUT2D eigenvalue weighted by Gasteiger charge is -2.37. The zero-order valence-electron chi connectivity index (χ0n) is 12.1. The van der Waals surface area contributed by atoms with Crippen LogP contribution in [0, 0.1) is 11.8 Å². The van der Waals surface area contributed by atoms with Crippen molar-refractivity contribution >= 4 is 5.91 Å². The number of piperidine rings is 1. The van der Waals surface area contributed by atoms with Gasteiger partial charge in [0.1, 0.15) is 6.10 Å². The van der Waals surface area contributed by atoms with E-state index in [9.17, 15) is 9.90 Å². The van der Waals surface area contributed by atoms with Crippen molar-refractivity contribution in [2.24, 2.45) is 11.8 Å². The van der Waals surface area contributed by atoms with Crippen molar-refractivity contribution in [2.45, 2.75) is 60.0 Å². The second-order valence-corrected chi connectivity index (χ2v) is 4.64. The minimum Gasteiger partial charge on any atom is -0.383 e. The van der Waals surface area contributed by atoms with E-state index < -0.39 is 6.10 Å². The number of likely N-dealkylation sites (tertiary alicyclic amines) is 1.